The number of methoxy groups -OCH3 is 2. The fourth-order valence-corrected chi connectivity index (χ4v) is 5.92. The second kappa shape index (κ2) is 9.37. The van der Waals surface area contributed by atoms with Gasteiger partial charge in [0.2, 0.25) is 0 Å². The topological polar surface area (TPSA) is 89.0 Å². The van der Waals surface area contributed by atoms with Crippen LogP contribution in [0.3, 0.4) is 0 Å². The Morgan fingerprint density at radius 1 is 0.973 bits per heavy atom. The number of nitrogens with zero attached hydrogens (tertiary/aromatic N) is 2. The number of carbonyl (C=O) groups excluding carboxylic acids is 2. The van der Waals surface area contributed by atoms with Crippen LogP contribution in [-0.4, -0.2) is 36.0 Å². The Hall–Kier alpha value is -4.17. The van der Waals surface area contributed by atoms with E-state index in [9.17, 15) is 14.7 Å². The van der Waals surface area contributed by atoms with Gasteiger partial charge in [0.05, 0.1) is 41.6 Å². The van der Waals surface area contributed by atoms with Crippen molar-refractivity contribution in [3.05, 3.63) is 88.0 Å². The first kappa shape index (κ1) is 24.5. The van der Waals surface area contributed by atoms with Crippen molar-refractivity contribution in [1.82, 2.24) is 4.98 Å². The van der Waals surface area contributed by atoms with Gasteiger partial charge in [0.25, 0.3) is 5.78 Å². The van der Waals surface area contributed by atoms with E-state index in [1.54, 1.807) is 37.4 Å². The summed E-state index contributed by atoms with van der Waals surface area (Å²) in [4.78, 5) is 33.2. The molecule has 4 aromatic rings. The van der Waals surface area contributed by atoms with Gasteiger partial charge in [0.1, 0.15) is 17.3 Å². The number of ether oxygens (including phenoxy) is 2. The number of anilines is 1. The Balaban J connectivity index is 1.78. The molecule has 1 aromatic heterocycles. The smallest absolute Gasteiger partial charge is 0.301 e. The summed E-state index contributed by atoms with van der Waals surface area (Å²) in [7, 11) is 3.06. The van der Waals surface area contributed by atoms with Crippen LogP contribution in [0.5, 0.6) is 11.5 Å². The maximum atomic E-state index is 13.6. The summed E-state index contributed by atoms with van der Waals surface area (Å²) in [6.45, 7) is 5.74. The lowest BCUT2D eigenvalue weighted by Crippen LogP contribution is -2.29. The highest BCUT2D eigenvalue weighted by atomic mass is 32.1. The fraction of sp³-hybridized carbons (Fsp3) is 0.207. The number of rotatable bonds is 5. The van der Waals surface area contributed by atoms with E-state index < -0.39 is 17.7 Å². The number of aromatic nitrogens is 1. The highest BCUT2D eigenvalue weighted by Gasteiger charge is 2.48. The number of fused-ring (bicyclic) bond motifs is 1. The van der Waals surface area contributed by atoms with Crippen molar-refractivity contribution in [3.8, 4) is 11.5 Å². The van der Waals surface area contributed by atoms with Gasteiger partial charge in [-0.3, -0.25) is 14.5 Å². The molecule has 1 fully saturated rings. The number of Topliss-reactive ketones (excluding diaryl/α,β-unsaturated/α-hetero) is 1. The number of hydrogen-bond donors (Lipinski definition) is 1. The highest BCUT2D eigenvalue weighted by Crippen LogP contribution is 2.46. The van der Waals surface area contributed by atoms with Crippen LogP contribution in [0.1, 0.15) is 33.9 Å². The van der Waals surface area contributed by atoms with E-state index in [2.05, 4.69) is 4.98 Å². The molecule has 1 N–H and O–H groups in total. The van der Waals surface area contributed by atoms with Gasteiger partial charge in [-0.25, -0.2) is 4.98 Å². The molecule has 188 valence electrons. The number of amides is 1. The van der Waals surface area contributed by atoms with Crippen molar-refractivity contribution in [2.24, 2.45) is 0 Å². The molecule has 2 heterocycles. The largest absolute Gasteiger partial charge is 0.507 e. The Labute approximate surface area is 218 Å². The number of carbonyl (C=O) groups is 2. The Bertz CT molecular complexity index is 1600. The van der Waals surface area contributed by atoms with Crippen LogP contribution in [-0.2, 0) is 9.59 Å². The van der Waals surface area contributed by atoms with Crippen molar-refractivity contribution in [2.45, 2.75) is 26.8 Å². The second-order valence-electron chi connectivity index (χ2n) is 9.08. The minimum atomic E-state index is -0.915. The first-order chi connectivity index (χ1) is 17.7. The van der Waals surface area contributed by atoms with Crippen molar-refractivity contribution >= 4 is 44.1 Å². The van der Waals surface area contributed by atoms with Gasteiger partial charge >= 0.3 is 5.91 Å². The van der Waals surface area contributed by atoms with E-state index in [1.807, 2.05) is 45.0 Å². The Morgan fingerprint density at radius 2 is 1.76 bits per heavy atom. The maximum Gasteiger partial charge on any atom is 0.301 e. The minimum absolute atomic E-state index is 0.0306. The lowest BCUT2D eigenvalue weighted by atomic mass is 9.93. The average molecular weight is 515 g/mol. The predicted molar refractivity (Wildman–Crippen MR) is 145 cm³/mol. The summed E-state index contributed by atoms with van der Waals surface area (Å²) in [6.07, 6.45) is 0. The van der Waals surface area contributed by atoms with Gasteiger partial charge in [-0.2, -0.15) is 0 Å². The minimum Gasteiger partial charge on any atom is -0.507 e. The molecular weight excluding hydrogens is 488 g/mol. The van der Waals surface area contributed by atoms with Crippen LogP contribution >= 0.6 is 11.3 Å². The molecule has 1 aliphatic heterocycles. The summed E-state index contributed by atoms with van der Waals surface area (Å²) < 4.78 is 11.9. The predicted octanol–water partition coefficient (Wildman–Crippen LogP) is 5.87. The summed E-state index contributed by atoms with van der Waals surface area (Å²) in [5, 5.41) is 12.0. The van der Waals surface area contributed by atoms with E-state index in [0.29, 0.717) is 27.8 Å². The van der Waals surface area contributed by atoms with E-state index in [-0.39, 0.29) is 11.3 Å². The van der Waals surface area contributed by atoms with Crippen molar-refractivity contribution in [1.29, 1.82) is 0 Å². The number of aliphatic hydroxyl groups is 1. The van der Waals surface area contributed by atoms with Gasteiger partial charge in [-0.05, 0) is 73.4 Å². The number of hydrogen-bond acceptors (Lipinski definition) is 7. The number of benzene rings is 3. The van der Waals surface area contributed by atoms with Crippen LogP contribution in [0.25, 0.3) is 16.0 Å². The molecule has 1 saturated heterocycles. The molecule has 3 aromatic carbocycles. The van der Waals surface area contributed by atoms with E-state index in [1.165, 1.54) is 23.3 Å². The molecule has 7 nitrogen and oxygen atoms in total. The quantitative estimate of drug-likeness (QED) is 0.204. The van der Waals surface area contributed by atoms with Crippen molar-refractivity contribution < 1.29 is 24.2 Å². The van der Waals surface area contributed by atoms with Crippen LogP contribution in [0.4, 0.5) is 5.13 Å². The zero-order chi connectivity index (χ0) is 26.4. The maximum absolute atomic E-state index is 13.6. The highest BCUT2D eigenvalue weighted by molar-refractivity contribution is 7.22. The molecule has 0 spiro atoms. The molecule has 37 heavy (non-hydrogen) atoms. The summed E-state index contributed by atoms with van der Waals surface area (Å²) in [5.74, 6) is -0.842. The van der Waals surface area contributed by atoms with E-state index in [4.69, 9.17) is 9.47 Å². The van der Waals surface area contributed by atoms with Gasteiger partial charge < -0.3 is 14.6 Å². The molecule has 1 amide bonds. The summed E-state index contributed by atoms with van der Waals surface area (Å²) >= 11 is 1.33. The van der Waals surface area contributed by atoms with E-state index >= 15 is 0 Å². The molecule has 0 saturated carbocycles. The zero-order valence-electron chi connectivity index (χ0n) is 21.2. The van der Waals surface area contributed by atoms with Crippen molar-refractivity contribution in [3.63, 3.8) is 0 Å². The van der Waals surface area contributed by atoms with Crippen LogP contribution in [0, 0.1) is 20.8 Å². The second-order valence-corrected chi connectivity index (χ2v) is 10.1. The molecule has 0 bridgehead atoms. The van der Waals surface area contributed by atoms with Gasteiger partial charge in [0.15, 0.2) is 5.13 Å². The molecule has 1 aliphatic rings. The monoisotopic (exact) mass is 514 g/mol. The number of ketones is 1. The third-order valence-electron chi connectivity index (χ3n) is 6.47. The number of thiazole rings is 1. The first-order valence-electron chi connectivity index (χ1n) is 11.7. The van der Waals surface area contributed by atoms with Gasteiger partial charge in [0, 0.05) is 0 Å². The number of aryl methyl sites for hydroxylation is 3. The molecule has 0 aliphatic carbocycles. The fourth-order valence-electron chi connectivity index (χ4n) is 4.83. The molecule has 5 rings (SSSR count). The third kappa shape index (κ3) is 4.13. The molecular formula is C29H26N2O5S. The van der Waals surface area contributed by atoms with Crippen molar-refractivity contribution in [2.75, 3.05) is 19.1 Å². The SMILES string of the molecule is COc1cccc(C2/C(=C(\O)c3cc(C)cc(C)c3OC)C(=O)C(=O)N2c2nc3ccc(C)cc3s2)c1. The molecule has 1 atom stereocenters. The standard InChI is InChI=1S/C29H26N2O5S/c1-15-9-10-21-22(13-15)37-29(30-21)31-24(18-7-6-8-19(14-18)35-4)23(26(33)28(31)34)25(32)20-12-16(2)11-17(3)27(20)36-5/h6-14,24,32H,1-5H3/b25-23+. The zero-order valence-corrected chi connectivity index (χ0v) is 22.0. The normalized spacial score (nSPS) is 17.0. The molecule has 1 unspecified atom stereocenters. The summed E-state index contributed by atoms with van der Waals surface area (Å²) in [6, 6.07) is 15.7. The first-order valence-corrected chi connectivity index (χ1v) is 12.5. The van der Waals surface area contributed by atoms with E-state index in [0.717, 1.165) is 26.9 Å². The average Bonchev–Trinajstić information content (AvgIpc) is 3.40. The number of aliphatic hydroxyl groups excluding tert-OH is 1. The molecule has 8 heteroatoms. The Kier molecular flexibility index (Phi) is 6.21. The lowest BCUT2D eigenvalue weighted by molar-refractivity contribution is -0.132. The third-order valence-corrected chi connectivity index (χ3v) is 7.49. The summed E-state index contributed by atoms with van der Waals surface area (Å²) in [5.41, 5.74) is 4.41. The van der Waals surface area contributed by atoms with Crippen LogP contribution in [0.15, 0.2) is 60.2 Å². The lowest BCUT2D eigenvalue weighted by Gasteiger charge is -2.23. The van der Waals surface area contributed by atoms with Crippen LogP contribution < -0.4 is 14.4 Å². The Morgan fingerprint density at radius 3 is 2.49 bits per heavy atom. The van der Waals surface area contributed by atoms with Gasteiger partial charge in [-0.1, -0.05) is 35.6 Å². The van der Waals surface area contributed by atoms with Crippen LogP contribution in [0.2, 0.25) is 0 Å². The molecule has 0 radical (unpaired) electrons. The van der Waals surface area contributed by atoms with Gasteiger partial charge in [-0.15, -0.1) is 0 Å².